The fourth-order valence-electron chi connectivity index (χ4n) is 1.98. The number of fused-ring (bicyclic) bond motifs is 1. The second-order valence-electron chi connectivity index (χ2n) is 4.03. The van der Waals surface area contributed by atoms with E-state index >= 15 is 0 Å². The van der Waals surface area contributed by atoms with Crippen LogP contribution in [-0.4, -0.2) is 9.55 Å². The first-order valence-corrected chi connectivity index (χ1v) is 6.62. The lowest BCUT2D eigenvalue weighted by atomic mass is 10.2. The van der Waals surface area contributed by atoms with Crippen molar-refractivity contribution in [2.75, 3.05) is 5.73 Å². The van der Waals surface area contributed by atoms with E-state index < -0.39 is 0 Å². The highest BCUT2D eigenvalue weighted by Crippen LogP contribution is 2.30. The molecule has 3 rings (SSSR count). The highest BCUT2D eigenvalue weighted by atomic mass is 79.9. The van der Waals surface area contributed by atoms with Crippen molar-refractivity contribution in [3.05, 3.63) is 51.7 Å². The molecule has 0 aliphatic heterocycles. The Morgan fingerprint density at radius 3 is 2.79 bits per heavy atom. The van der Waals surface area contributed by atoms with Crippen LogP contribution in [0.3, 0.4) is 0 Å². The quantitative estimate of drug-likeness (QED) is 0.723. The van der Waals surface area contributed by atoms with E-state index in [4.69, 9.17) is 17.3 Å². The molecule has 0 saturated carbocycles. The highest BCUT2D eigenvalue weighted by molar-refractivity contribution is 9.10. The molecule has 1 aromatic heterocycles. The summed E-state index contributed by atoms with van der Waals surface area (Å²) < 4.78 is 15.9. The molecule has 2 aromatic carbocycles. The summed E-state index contributed by atoms with van der Waals surface area (Å²) in [5, 5.41) is 0.410. The number of nitrogens with two attached hydrogens (primary N) is 1. The Kier molecular flexibility index (Phi) is 2.95. The molecular formula is C13H8BrClFN3. The van der Waals surface area contributed by atoms with Gasteiger partial charge in [0.05, 0.1) is 21.7 Å². The second kappa shape index (κ2) is 4.51. The van der Waals surface area contributed by atoms with E-state index in [2.05, 4.69) is 20.9 Å². The zero-order valence-corrected chi connectivity index (χ0v) is 11.9. The van der Waals surface area contributed by atoms with Crippen LogP contribution >= 0.6 is 27.5 Å². The maximum Gasteiger partial charge on any atom is 0.205 e. The predicted molar refractivity (Wildman–Crippen MR) is 78.2 cm³/mol. The van der Waals surface area contributed by atoms with Gasteiger partial charge in [-0.2, -0.15) is 0 Å². The normalized spacial score (nSPS) is 11.1. The molecule has 0 saturated heterocycles. The second-order valence-corrected chi connectivity index (χ2v) is 5.36. The van der Waals surface area contributed by atoms with E-state index in [9.17, 15) is 4.39 Å². The van der Waals surface area contributed by atoms with E-state index in [1.807, 2.05) is 18.2 Å². The van der Waals surface area contributed by atoms with Gasteiger partial charge >= 0.3 is 0 Å². The molecule has 2 N–H and O–H groups in total. The van der Waals surface area contributed by atoms with Gasteiger partial charge in [-0.3, -0.25) is 4.57 Å². The molecule has 3 nitrogen and oxygen atoms in total. The molecule has 0 atom stereocenters. The fourth-order valence-corrected chi connectivity index (χ4v) is 2.53. The molecule has 1 heterocycles. The smallest absolute Gasteiger partial charge is 0.205 e. The van der Waals surface area contributed by atoms with E-state index in [1.165, 1.54) is 18.2 Å². The third kappa shape index (κ3) is 2.09. The Labute approximate surface area is 121 Å². The van der Waals surface area contributed by atoms with Gasteiger partial charge in [-0.05, 0) is 36.4 Å². The Hall–Kier alpha value is -1.59. The highest BCUT2D eigenvalue weighted by Gasteiger charge is 2.13. The number of benzene rings is 2. The van der Waals surface area contributed by atoms with Crippen molar-refractivity contribution >= 4 is 44.5 Å². The van der Waals surface area contributed by atoms with Gasteiger partial charge in [0.15, 0.2) is 0 Å². The van der Waals surface area contributed by atoms with Crippen molar-refractivity contribution < 1.29 is 4.39 Å². The first-order valence-electron chi connectivity index (χ1n) is 5.45. The number of halogens is 3. The SMILES string of the molecule is Nc1nc2ccc(Br)cc2n1-c1cc(F)ccc1Cl. The van der Waals surface area contributed by atoms with Gasteiger partial charge in [-0.25, -0.2) is 9.37 Å². The van der Waals surface area contributed by atoms with E-state index in [-0.39, 0.29) is 11.8 Å². The molecule has 0 radical (unpaired) electrons. The average Bonchev–Trinajstić information content (AvgIpc) is 2.68. The minimum absolute atomic E-state index is 0.264. The average molecular weight is 341 g/mol. The molecule has 0 aliphatic carbocycles. The number of aromatic nitrogens is 2. The first kappa shape index (κ1) is 12.4. The maximum absolute atomic E-state index is 13.4. The van der Waals surface area contributed by atoms with Gasteiger partial charge in [-0.15, -0.1) is 0 Å². The molecule has 0 spiro atoms. The van der Waals surface area contributed by atoms with Crippen LogP contribution in [-0.2, 0) is 0 Å². The number of hydrogen-bond donors (Lipinski definition) is 1. The summed E-state index contributed by atoms with van der Waals surface area (Å²) in [6, 6.07) is 9.69. The standard InChI is InChI=1S/C13H8BrClFN3/c14-7-1-4-10-12(5-7)19(13(17)18-10)11-6-8(16)2-3-9(11)15/h1-6H,(H2,17,18). The van der Waals surface area contributed by atoms with Crippen LogP contribution in [0.1, 0.15) is 0 Å². The minimum atomic E-state index is -0.379. The summed E-state index contributed by atoms with van der Waals surface area (Å²) >= 11 is 9.51. The first-order chi connectivity index (χ1) is 9.06. The van der Waals surface area contributed by atoms with Crippen LogP contribution in [0.2, 0.25) is 5.02 Å². The summed E-state index contributed by atoms with van der Waals surface area (Å²) in [7, 11) is 0. The lowest BCUT2D eigenvalue weighted by Crippen LogP contribution is -2.01. The predicted octanol–water partition coefficient (Wildman–Crippen LogP) is 4.16. The Morgan fingerprint density at radius 2 is 2.00 bits per heavy atom. The van der Waals surface area contributed by atoms with Crippen LogP contribution in [0.5, 0.6) is 0 Å². The van der Waals surface area contributed by atoms with E-state index in [0.29, 0.717) is 10.7 Å². The summed E-state index contributed by atoms with van der Waals surface area (Å²) in [4.78, 5) is 4.24. The number of rotatable bonds is 1. The zero-order chi connectivity index (χ0) is 13.6. The van der Waals surface area contributed by atoms with Crippen LogP contribution in [0.25, 0.3) is 16.7 Å². The Morgan fingerprint density at radius 1 is 1.21 bits per heavy atom. The van der Waals surface area contributed by atoms with Crippen molar-refractivity contribution in [1.82, 2.24) is 9.55 Å². The molecule has 96 valence electrons. The number of anilines is 1. The molecular weight excluding hydrogens is 333 g/mol. The van der Waals surface area contributed by atoms with E-state index in [0.717, 1.165) is 15.5 Å². The summed E-state index contributed by atoms with van der Waals surface area (Å²) in [5.74, 6) is -0.115. The Balaban J connectivity index is 2.38. The largest absolute Gasteiger partial charge is 0.369 e. The molecule has 3 aromatic rings. The van der Waals surface area contributed by atoms with Crippen molar-refractivity contribution in [3.63, 3.8) is 0 Å². The van der Waals surface area contributed by atoms with Gasteiger partial charge in [0, 0.05) is 4.47 Å². The summed E-state index contributed by atoms with van der Waals surface area (Å²) in [5.41, 5.74) is 7.87. The molecule has 6 heteroatoms. The number of hydrogen-bond acceptors (Lipinski definition) is 2. The van der Waals surface area contributed by atoms with E-state index in [1.54, 1.807) is 4.57 Å². The van der Waals surface area contributed by atoms with Crippen LogP contribution in [0.4, 0.5) is 10.3 Å². The maximum atomic E-state index is 13.4. The van der Waals surface area contributed by atoms with Crippen LogP contribution in [0, 0.1) is 5.82 Å². The number of nitrogen functional groups attached to an aromatic ring is 1. The minimum Gasteiger partial charge on any atom is -0.369 e. The third-order valence-corrected chi connectivity index (χ3v) is 3.60. The van der Waals surface area contributed by atoms with Crippen molar-refractivity contribution in [2.24, 2.45) is 0 Å². The van der Waals surface area contributed by atoms with Crippen molar-refractivity contribution in [3.8, 4) is 5.69 Å². The monoisotopic (exact) mass is 339 g/mol. The lowest BCUT2D eigenvalue weighted by molar-refractivity contribution is 0.627. The van der Waals surface area contributed by atoms with Crippen molar-refractivity contribution in [2.45, 2.75) is 0 Å². The molecule has 0 fully saturated rings. The zero-order valence-electron chi connectivity index (χ0n) is 9.57. The van der Waals surface area contributed by atoms with Crippen molar-refractivity contribution in [1.29, 1.82) is 0 Å². The fraction of sp³-hybridized carbons (Fsp3) is 0. The van der Waals surface area contributed by atoms with Crippen LogP contribution < -0.4 is 5.73 Å². The van der Waals surface area contributed by atoms with Gasteiger partial charge in [0.25, 0.3) is 0 Å². The number of nitrogens with zero attached hydrogens (tertiary/aromatic N) is 2. The van der Waals surface area contributed by atoms with Gasteiger partial charge in [0.1, 0.15) is 5.82 Å². The molecule has 19 heavy (non-hydrogen) atoms. The summed E-state index contributed by atoms with van der Waals surface area (Å²) in [6.07, 6.45) is 0. The molecule has 0 amide bonds. The molecule has 0 aliphatic rings. The van der Waals surface area contributed by atoms with Gasteiger partial charge in [-0.1, -0.05) is 27.5 Å². The third-order valence-electron chi connectivity index (χ3n) is 2.79. The summed E-state index contributed by atoms with van der Waals surface area (Å²) in [6.45, 7) is 0. The topological polar surface area (TPSA) is 43.8 Å². The van der Waals surface area contributed by atoms with Crippen LogP contribution in [0.15, 0.2) is 40.9 Å². The molecule has 0 unspecified atom stereocenters. The lowest BCUT2D eigenvalue weighted by Gasteiger charge is -2.09. The number of imidazole rings is 1. The van der Waals surface area contributed by atoms with Gasteiger partial charge < -0.3 is 5.73 Å². The molecule has 0 bridgehead atoms. The van der Waals surface area contributed by atoms with Gasteiger partial charge in [0.2, 0.25) is 5.95 Å². The Bertz CT molecular complexity index is 785.